The summed E-state index contributed by atoms with van der Waals surface area (Å²) in [7, 11) is 0. The number of oxazole rings is 1. The largest absolute Gasteiger partial charge is 0.481 e. The predicted molar refractivity (Wildman–Crippen MR) is 80.9 cm³/mol. The minimum Gasteiger partial charge on any atom is -0.481 e. The molecule has 6 heteroatoms. The van der Waals surface area contributed by atoms with Gasteiger partial charge in [0.05, 0.1) is 11.4 Å². The van der Waals surface area contributed by atoms with Gasteiger partial charge in [0.15, 0.2) is 11.5 Å². The second-order valence-corrected chi connectivity index (χ2v) is 6.64. The molecular weight excluding hydrogens is 313 g/mol. The van der Waals surface area contributed by atoms with Gasteiger partial charge in [-0.3, -0.25) is 4.79 Å². The van der Waals surface area contributed by atoms with Crippen molar-refractivity contribution < 1.29 is 14.3 Å². The summed E-state index contributed by atoms with van der Waals surface area (Å²) >= 11 is 12.1. The van der Waals surface area contributed by atoms with Gasteiger partial charge in [-0.05, 0) is 30.4 Å². The molecule has 0 atom stereocenters. The number of aromatic nitrogens is 1. The van der Waals surface area contributed by atoms with Crippen LogP contribution in [-0.2, 0) is 11.2 Å². The van der Waals surface area contributed by atoms with E-state index in [9.17, 15) is 4.79 Å². The molecule has 0 bridgehead atoms. The second kappa shape index (κ2) is 5.50. The van der Waals surface area contributed by atoms with Crippen molar-refractivity contribution in [3.63, 3.8) is 0 Å². The summed E-state index contributed by atoms with van der Waals surface area (Å²) in [6.45, 7) is 0. The fourth-order valence-electron chi connectivity index (χ4n) is 3.26. The van der Waals surface area contributed by atoms with Gasteiger partial charge in [0.1, 0.15) is 5.52 Å². The Kier molecular flexibility index (Phi) is 3.84. The van der Waals surface area contributed by atoms with Crippen LogP contribution in [0.3, 0.4) is 0 Å². The van der Waals surface area contributed by atoms with Crippen LogP contribution >= 0.6 is 23.2 Å². The topological polar surface area (TPSA) is 63.3 Å². The molecule has 1 aromatic heterocycles. The maximum Gasteiger partial charge on any atom is 0.303 e. The lowest BCUT2D eigenvalue weighted by atomic mass is 9.79. The fourth-order valence-corrected chi connectivity index (χ4v) is 3.79. The molecule has 0 saturated heterocycles. The molecule has 0 unspecified atom stereocenters. The number of aliphatic carboxylic acids is 1. The highest BCUT2D eigenvalue weighted by Crippen LogP contribution is 2.44. The first-order chi connectivity index (χ1) is 9.97. The molecule has 0 spiro atoms. The summed E-state index contributed by atoms with van der Waals surface area (Å²) in [5, 5.41) is 10.1. The van der Waals surface area contributed by atoms with E-state index in [1.165, 1.54) is 0 Å². The van der Waals surface area contributed by atoms with Gasteiger partial charge in [-0.15, -0.1) is 0 Å². The number of carboxylic acid groups (broad SMARTS) is 1. The predicted octanol–water partition coefficient (Wildman–Crippen LogP) is 4.71. The Morgan fingerprint density at radius 1 is 1.33 bits per heavy atom. The minimum absolute atomic E-state index is 0.153. The molecule has 1 heterocycles. The molecule has 1 fully saturated rings. The second-order valence-electron chi connectivity index (χ2n) is 5.80. The Balaban J connectivity index is 1.93. The van der Waals surface area contributed by atoms with Crippen molar-refractivity contribution >= 4 is 40.3 Å². The van der Waals surface area contributed by atoms with Gasteiger partial charge < -0.3 is 9.52 Å². The average molecular weight is 328 g/mol. The lowest BCUT2D eigenvalue weighted by Gasteiger charge is -2.25. The van der Waals surface area contributed by atoms with Crippen LogP contribution in [0.1, 0.15) is 38.0 Å². The maximum absolute atomic E-state index is 11.1. The van der Waals surface area contributed by atoms with E-state index < -0.39 is 5.97 Å². The van der Waals surface area contributed by atoms with Crippen molar-refractivity contribution in [3.05, 3.63) is 28.1 Å². The molecule has 0 amide bonds. The van der Waals surface area contributed by atoms with E-state index >= 15 is 0 Å². The first-order valence-electron chi connectivity index (χ1n) is 6.94. The van der Waals surface area contributed by atoms with Crippen LogP contribution in [0.5, 0.6) is 0 Å². The van der Waals surface area contributed by atoms with Crippen molar-refractivity contribution in [3.8, 4) is 0 Å². The lowest BCUT2D eigenvalue weighted by molar-refractivity contribution is -0.139. The molecule has 3 rings (SSSR count). The number of benzene rings is 1. The van der Waals surface area contributed by atoms with Crippen LogP contribution in [0, 0.1) is 5.41 Å². The maximum atomic E-state index is 11.1. The number of halogens is 2. The lowest BCUT2D eigenvalue weighted by Crippen LogP contribution is -2.23. The molecule has 0 radical (unpaired) electrons. The van der Waals surface area contributed by atoms with E-state index in [0.717, 1.165) is 25.7 Å². The molecule has 1 aliphatic rings. The number of fused-ring (bicyclic) bond motifs is 1. The summed E-state index contributed by atoms with van der Waals surface area (Å²) in [5.41, 5.74) is 0.883. The van der Waals surface area contributed by atoms with Crippen molar-refractivity contribution in [1.82, 2.24) is 4.98 Å². The van der Waals surface area contributed by atoms with E-state index in [0.29, 0.717) is 33.5 Å². The molecule has 1 aliphatic carbocycles. The standard InChI is InChI=1S/C15H15Cl2NO3/c16-9-5-10(17)14-11(6-9)18-12(21-14)7-15(8-13(19)20)3-1-2-4-15/h5-6H,1-4,7-8H2,(H,19,20). The van der Waals surface area contributed by atoms with Crippen molar-refractivity contribution in [2.75, 3.05) is 0 Å². The molecule has 21 heavy (non-hydrogen) atoms. The Morgan fingerprint density at radius 2 is 2.05 bits per heavy atom. The van der Waals surface area contributed by atoms with Crippen LogP contribution in [0.4, 0.5) is 0 Å². The van der Waals surface area contributed by atoms with E-state index in [1.807, 2.05) is 0 Å². The first-order valence-corrected chi connectivity index (χ1v) is 7.69. The Morgan fingerprint density at radius 3 is 2.71 bits per heavy atom. The van der Waals surface area contributed by atoms with Gasteiger partial charge in [-0.2, -0.15) is 0 Å². The van der Waals surface area contributed by atoms with Gasteiger partial charge in [0, 0.05) is 11.4 Å². The van der Waals surface area contributed by atoms with Crippen LogP contribution < -0.4 is 0 Å². The average Bonchev–Trinajstić information content (AvgIpc) is 2.95. The summed E-state index contributed by atoms with van der Waals surface area (Å²) in [4.78, 5) is 15.6. The number of rotatable bonds is 4. The zero-order chi connectivity index (χ0) is 15.0. The van der Waals surface area contributed by atoms with E-state index in [4.69, 9.17) is 32.7 Å². The quantitative estimate of drug-likeness (QED) is 0.882. The van der Waals surface area contributed by atoms with E-state index in [-0.39, 0.29) is 11.8 Å². The van der Waals surface area contributed by atoms with E-state index in [2.05, 4.69) is 4.98 Å². The number of carboxylic acids is 1. The number of carbonyl (C=O) groups is 1. The highest BCUT2D eigenvalue weighted by atomic mass is 35.5. The van der Waals surface area contributed by atoms with Crippen molar-refractivity contribution in [1.29, 1.82) is 0 Å². The van der Waals surface area contributed by atoms with Crippen LogP contribution in [-0.4, -0.2) is 16.1 Å². The smallest absolute Gasteiger partial charge is 0.303 e. The molecular formula is C15H15Cl2NO3. The Bertz CT molecular complexity index is 690. The first kappa shape index (κ1) is 14.7. The molecule has 2 aromatic rings. The van der Waals surface area contributed by atoms with E-state index in [1.54, 1.807) is 12.1 Å². The molecule has 4 nitrogen and oxygen atoms in total. The van der Waals surface area contributed by atoms with Gasteiger partial charge in [0.2, 0.25) is 0 Å². The number of nitrogens with zero attached hydrogens (tertiary/aromatic N) is 1. The van der Waals surface area contributed by atoms with Crippen molar-refractivity contribution in [2.24, 2.45) is 5.41 Å². The van der Waals surface area contributed by atoms with Gasteiger partial charge >= 0.3 is 5.97 Å². The van der Waals surface area contributed by atoms with Crippen molar-refractivity contribution in [2.45, 2.75) is 38.5 Å². The molecule has 112 valence electrons. The van der Waals surface area contributed by atoms with Crippen LogP contribution in [0.15, 0.2) is 16.5 Å². The fraction of sp³-hybridized carbons (Fsp3) is 0.467. The molecule has 0 aliphatic heterocycles. The zero-order valence-corrected chi connectivity index (χ0v) is 12.9. The van der Waals surface area contributed by atoms with Crippen LogP contribution in [0.25, 0.3) is 11.1 Å². The van der Waals surface area contributed by atoms with Gasteiger partial charge in [-0.25, -0.2) is 4.98 Å². The summed E-state index contributed by atoms with van der Waals surface area (Å²) < 4.78 is 5.73. The van der Waals surface area contributed by atoms with Gasteiger partial charge in [-0.1, -0.05) is 36.0 Å². The summed E-state index contributed by atoms with van der Waals surface area (Å²) in [5.74, 6) is -0.230. The molecule has 1 N–H and O–H groups in total. The SMILES string of the molecule is O=C(O)CC1(Cc2nc3cc(Cl)cc(Cl)c3o2)CCCC1. The minimum atomic E-state index is -0.769. The highest BCUT2D eigenvalue weighted by Gasteiger charge is 2.37. The third-order valence-electron chi connectivity index (χ3n) is 4.17. The zero-order valence-electron chi connectivity index (χ0n) is 11.4. The summed E-state index contributed by atoms with van der Waals surface area (Å²) in [6, 6.07) is 3.32. The number of hydrogen-bond donors (Lipinski definition) is 1. The highest BCUT2D eigenvalue weighted by molar-refractivity contribution is 6.37. The Labute approximate surface area is 132 Å². The Hall–Kier alpha value is -1.26. The third-order valence-corrected chi connectivity index (χ3v) is 4.67. The third kappa shape index (κ3) is 3.01. The van der Waals surface area contributed by atoms with Crippen LogP contribution in [0.2, 0.25) is 10.0 Å². The van der Waals surface area contributed by atoms with Gasteiger partial charge in [0.25, 0.3) is 0 Å². The normalized spacial score (nSPS) is 17.4. The number of hydrogen-bond acceptors (Lipinski definition) is 3. The molecule has 1 aromatic carbocycles. The molecule has 1 saturated carbocycles. The monoisotopic (exact) mass is 327 g/mol. The summed E-state index contributed by atoms with van der Waals surface area (Å²) in [6.07, 6.45) is 4.58.